The highest BCUT2D eigenvalue weighted by Crippen LogP contribution is 2.31. The third kappa shape index (κ3) is 4.74. The van der Waals surface area contributed by atoms with Crippen molar-refractivity contribution in [2.45, 2.75) is 0 Å². The van der Waals surface area contributed by atoms with Gasteiger partial charge in [-0.05, 0) is 47.2 Å². The Balaban J connectivity index is 1.33. The van der Waals surface area contributed by atoms with Crippen molar-refractivity contribution in [1.82, 2.24) is 19.9 Å². The van der Waals surface area contributed by atoms with Crippen molar-refractivity contribution >= 4 is 10.8 Å². The molecule has 0 fully saturated rings. The van der Waals surface area contributed by atoms with Crippen LogP contribution in [0.25, 0.3) is 67.2 Å². The Labute approximate surface area is 232 Å². The first-order valence-corrected chi connectivity index (χ1v) is 13.2. The minimum absolute atomic E-state index is 0.682. The lowest BCUT2D eigenvalue weighted by atomic mass is 10.0. The summed E-state index contributed by atoms with van der Waals surface area (Å²) in [7, 11) is 0. The molecule has 4 aromatic carbocycles. The Kier molecular flexibility index (Phi) is 6.11. The van der Waals surface area contributed by atoms with E-state index in [0.717, 1.165) is 50.6 Å². The molecule has 0 spiro atoms. The van der Waals surface area contributed by atoms with Crippen molar-refractivity contribution in [3.8, 4) is 56.4 Å². The molecule has 0 bridgehead atoms. The van der Waals surface area contributed by atoms with E-state index in [2.05, 4.69) is 107 Å². The van der Waals surface area contributed by atoms with Gasteiger partial charge in [0.05, 0.1) is 22.8 Å². The highest BCUT2D eigenvalue weighted by molar-refractivity contribution is 5.87. The van der Waals surface area contributed by atoms with Gasteiger partial charge in [-0.15, -0.1) is 0 Å². The van der Waals surface area contributed by atoms with Crippen LogP contribution in [0.1, 0.15) is 0 Å². The Bertz CT molecular complexity index is 1810. The summed E-state index contributed by atoms with van der Waals surface area (Å²) in [6.07, 6.45) is 3.62. The molecular weight excluding hydrogens is 488 g/mol. The van der Waals surface area contributed by atoms with E-state index in [9.17, 15) is 0 Å². The first-order valence-electron chi connectivity index (χ1n) is 13.2. The van der Waals surface area contributed by atoms with Gasteiger partial charge in [0.15, 0.2) is 5.82 Å². The zero-order valence-electron chi connectivity index (χ0n) is 21.6. The van der Waals surface area contributed by atoms with E-state index in [-0.39, 0.29) is 0 Å². The molecule has 0 aliphatic carbocycles. The maximum absolute atomic E-state index is 5.04. The van der Waals surface area contributed by atoms with E-state index >= 15 is 0 Å². The van der Waals surface area contributed by atoms with Crippen LogP contribution in [0.3, 0.4) is 0 Å². The summed E-state index contributed by atoms with van der Waals surface area (Å²) in [6.45, 7) is 0. The van der Waals surface area contributed by atoms with Gasteiger partial charge >= 0.3 is 0 Å². The molecule has 0 N–H and O–H groups in total. The molecule has 7 aromatic rings. The molecule has 0 amide bonds. The largest absolute Gasteiger partial charge is 0.256 e. The quantitative estimate of drug-likeness (QED) is 0.231. The van der Waals surface area contributed by atoms with Gasteiger partial charge < -0.3 is 0 Å². The average molecular weight is 513 g/mol. The number of hydrogen-bond acceptors (Lipinski definition) is 4. The van der Waals surface area contributed by atoms with E-state index in [4.69, 9.17) is 9.97 Å². The first-order chi connectivity index (χ1) is 19.8. The topological polar surface area (TPSA) is 51.6 Å². The minimum atomic E-state index is 0.682. The van der Waals surface area contributed by atoms with Gasteiger partial charge in [0, 0.05) is 40.2 Å². The van der Waals surface area contributed by atoms with E-state index in [0.29, 0.717) is 5.82 Å². The SMILES string of the molecule is c1ccc(-c2ccc(-c3cc(-c4ccc5ccccc5c4)nc(-c4ccc(-c5ccccn5)cc4)n3)cc2)nc1. The van der Waals surface area contributed by atoms with Crippen LogP contribution in [0, 0.1) is 0 Å². The number of pyridine rings is 2. The highest BCUT2D eigenvalue weighted by atomic mass is 14.9. The Morgan fingerprint density at radius 2 is 0.800 bits per heavy atom. The Hall–Kier alpha value is -5.48. The van der Waals surface area contributed by atoms with Crippen LogP contribution >= 0.6 is 0 Å². The van der Waals surface area contributed by atoms with E-state index in [1.165, 1.54) is 10.8 Å². The second-order valence-corrected chi connectivity index (χ2v) is 9.61. The third-order valence-electron chi connectivity index (χ3n) is 7.02. The summed E-state index contributed by atoms with van der Waals surface area (Å²) in [5, 5.41) is 2.39. The number of aromatic nitrogens is 4. The molecule has 0 radical (unpaired) electrons. The van der Waals surface area contributed by atoms with E-state index in [1.807, 2.05) is 48.8 Å². The summed E-state index contributed by atoms with van der Waals surface area (Å²) in [4.78, 5) is 19.0. The number of nitrogens with zero attached hydrogens (tertiary/aromatic N) is 4. The highest BCUT2D eigenvalue weighted by Gasteiger charge is 2.12. The minimum Gasteiger partial charge on any atom is -0.256 e. The van der Waals surface area contributed by atoms with Crippen LogP contribution in [0.4, 0.5) is 0 Å². The fourth-order valence-electron chi connectivity index (χ4n) is 4.89. The summed E-state index contributed by atoms with van der Waals surface area (Å²) in [6, 6.07) is 45.5. The van der Waals surface area contributed by atoms with Crippen molar-refractivity contribution in [1.29, 1.82) is 0 Å². The number of rotatable bonds is 5. The molecule has 3 aromatic heterocycles. The fourth-order valence-corrected chi connectivity index (χ4v) is 4.89. The molecule has 7 rings (SSSR count). The monoisotopic (exact) mass is 512 g/mol. The predicted octanol–water partition coefficient (Wildman–Crippen LogP) is 8.75. The molecule has 0 aliphatic rings. The number of benzene rings is 4. The number of hydrogen-bond donors (Lipinski definition) is 0. The van der Waals surface area contributed by atoms with Crippen LogP contribution in [-0.2, 0) is 0 Å². The maximum atomic E-state index is 5.04. The van der Waals surface area contributed by atoms with Crippen molar-refractivity contribution in [3.05, 3.63) is 146 Å². The maximum Gasteiger partial charge on any atom is 0.160 e. The van der Waals surface area contributed by atoms with Crippen molar-refractivity contribution in [3.63, 3.8) is 0 Å². The van der Waals surface area contributed by atoms with Crippen LogP contribution in [-0.4, -0.2) is 19.9 Å². The summed E-state index contributed by atoms with van der Waals surface area (Å²) in [5.41, 5.74) is 8.79. The normalized spacial score (nSPS) is 11.0. The van der Waals surface area contributed by atoms with E-state index < -0.39 is 0 Å². The zero-order valence-corrected chi connectivity index (χ0v) is 21.6. The summed E-state index contributed by atoms with van der Waals surface area (Å²) < 4.78 is 0. The van der Waals surface area contributed by atoms with E-state index in [1.54, 1.807) is 0 Å². The molecule has 3 heterocycles. The summed E-state index contributed by atoms with van der Waals surface area (Å²) >= 11 is 0. The first kappa shape index (κ1) is 23.6. The molecule has 0 aliphatic heterocycles. The van der Waals surface area contributed by atoms with Gasteiger partial charge in [0.2, 0.25) is 0 Å². The van der Waals surface area contributed by atoms with Crippen LogP contribution < -0.4 is 0 Å². The molecule has 4 heteroatoms. The molecule has 0 atom stereocenters. The second-order valence-electron chi connectivity index (χ2n) is 9.61. The molecule has 4 nitrogen and oxygen atoms in total. The molecular formula is C36H24N4. The van der Waals surface area contributed by atoms with Crippen molar-refractivity contribution in [2.24, 2.45) is 0 Å². The Morgan fingerprint density at radius 1 is 0.325 bits per heavy atom. The third-order valence-corrected chi connectivity index (χ3v) is 7.02. The van der Waals surface area contributed by atoms with Gasteiger partial charge in [0.1, 0.15) is 0 Å². The second kappa shape index (κ2) is 10.4. The van der Waals surface area contributed by atoms with Gasteiger partial charge in [-0.1, -0.05) is 97.1 Å². The molecule has 0 saturated carbocycles. The molecule has 0 saturated heterocycles. The van der Waals surface area contributed by atoms with Crippen molar-refractivity contribution in [2.75, 3.05) is 0 Å². The van der Waals surface area contributed by atoms with Gasteiger partial charge in [0.25, 0.3) is 0 Å². The fraction of sp³-hybridized carbons (Fsp3) is 0. The molecule has 40 heavy (non-hydrogen) atoms. The lowest BCUT2D eigenvalue weighted by Gasteiger charge is -2.11. The van der Waals surface area contributed by atoms with Crippen molar-refractivity contribution < 1.29 is 0 Å². The molecule has 188 valence electrons. The average Bonchev–Trinajstić information content (AvgIpc) is 3.05. The lowest BCUT2D eigenvalue weighted by Crippen LogP contribution is -1.96. The van der Waals surface area contributed by atoms with Gasteiger partial charge in [-0.2, -0.15) is 0 Å². The smallest absolute Gasteiger partial charge is 0.160 e. The van der Waals surface area contributed by atoms with Gasteiger partial charge in [-0.25, -0.2) is 9.97 Å². The standard InChI is InChI=1S/C36H24N4/c1-2-8-30-23-31(20-11-25(30)7-1)35-24-34(28-14-12-26(13-15-28)32-9-3-5-21-37-32)39-36(40-35)29-18-16-27(17-19-29)33-10-4-6-22-38-33/h1-24H. The molecule has 0 unspecified atom stereocenters. The zero-order chi connectivity index (χ0) is 26.7. The Morgan fingerprint density at radius 3 is 1.38 bits per heavy atom. The van der Waals surface area contributed by atoms with Gasteiger partial charge in [-0.3, -0.25) is 9.97 Å². The summed E-state index contributed by atoms with van der Waals surface area (Å²) in [5.74, 6) is 0.682. The van der Waals surface area contributed by atoms with Crippen LogP contribution in [0.5, 0.6) is 0 Å². The predicted molar refractivity (Wildman–Crippen MR) is 162 cm³/mol. The van der Waals surface area contributed by atoms with Crippen LogP contribution in [0.2, 0.25) is 0 Å². The van der Waals surface area contributed by atoms with Crippen LogP contribution in [0.15, 0.2) is 146 Å². The lowest BCUT2D eigenvalue weighted by molar-refractivity contribution is 1.18. The number of fused-ring (bicyclic) bond motifs is 1.